The van der Waals surface area contributed by atoms with E-state index in [0.717, 1.165) is 5.56 Å². The van der Waals surface area contributed by atoms with Gasteiger partial charge in [0, 0.05) is 30.7 Å². The Morgan fingerprint density at radius 1 is 1.39 bits per heavy atom. The molecule has 6 nitrogen and oxygen atoms in total. The molecule has 0 radical (unpaired) electrons. The first kappa shape index (κ1) is 17.3. The van der Waals surface area contributed by atoms with E-state index in [9.17, 15) is 9.59 Å². The zero-order valence-corrected chi connectivity index (χ0v) is 14.0. The Hall–Kier alpha value is -2.05. The van der Waals surface area contributed by atoms with Crippen LogP contribution in [0.4, 0.5) is 0 Å². The van der Waals surface area contributed by atoms with E-state index in [1.807, 2.05) is 12.1 Å². The smallest absolute Gasteiger partial charge is 0.272 e. The SMILES string of the molecule is Cl.Cn1nc(C(=O)NCc2ccc(Cl)cc2)c2c1C(=O)NCC2. The molecule has 2 heterocycles. The first-order valence-electron chi connectivity index (χ1n) is 6.93. The van der Waals surface area contributed by atoms with E-state index in [4.69, 9.17) is 11.6 Å². The summed E-state index contributed by atoms with van der Waals surface area (Å²) in [7, 11) is 1.67. The number of aromatic nitrogens is 2. The molecular weight excluding hydrogens is 339 g/mol. The van der Waals surface area contributed by atoms with E-state index in [-0.39, 0.29) is 24.2 Å². The molecule has 1 aliphatic rings. The highest BCUT2D eigenvalue weighted by Crippen LogP contribution is 2.18. The number of hydrogen-bond acceptors (Lipinski definition) is 3. The van der Waals surface area contributed by atoms with Crippen LogP contribution < -0.4 is 10.6 Å². The molecule has 3 rings (SSSR count). The van der Waals surface area contributed by atoms with Gasteiger partial charge in [0.15, 0.2) is 5.69 Å². The van der Waals surface area contributed by atoms with Gasteiger partial charge >= 0.3 is 0 Å². The first-order chi connectivity index (χ1) is 10.6. The van der Waals surface area contributed by atoms with Gasteiger partial charge in [0.1, 0.15) is 5.69 Å². The number of fused-ring (bicyclic) bond motifs is 1. The lowest BCUT2D eigenvalue weighted by atomic mass is 10.0. The number of aryl methyl sites for hydroxylation is 1. The second kappa shape index (κ2) is 7.02. The molecule has 2 aromatic rings. The van der Waals surface area contributed by atoms with Gasteiger partial charge in [-0.2, -0.15) is 5.10 Å². The maximum atomic E-state index is 12.3. The minimum absolute atomic E-state index is 0. The van der Waals surface area contributed by atoms with Gasteiger partial charge in [0.05, 0.1) is 0 Å². The fraction of sp³-hybridized carbons (Fsp3) is 0.267. The lowest BCUT2D eigenvalue weighted by Gasteiger charge is -2.13. The zero-order valence-electron chi connectivity index (χ0n) is 12.4. The van der Waals surface area contributed by atoms with E-state index in [2.05, 4.69) is 15.7 Å². The number of carbonyl (C=O) groups excluding carboxylic acids is 2. The number of rotatable bonds is 3. The van der Waals surface area contributed by atoms with Crippen LogP contribution in [0.15, 0.2) is 24.3 Å². The van der Waals surface area contributed by atoms with Gasteiger partial charge in [-0.15, -0.1) is 12.4 Å². The van der Waals surface area contributed by atoms with Crippen LogP contribution in [0.1, 0.15) is 32.1 Å². The van der Waals surface area contributed by atoms with Gasteiger partial charge in [-0.1, -0.05) is 23.7 Å². The van der Waals surface area contributed by atoms with Gasteiger partial charge in [-0.25, -0.2) is 0 Å². The van der Waals surface area contributed by atoms with Gasteiger partial charge in [0.2, 0.25) is 0 Å². The third-order valence-electron chi connectivity index (χ3n) is 3.60. The molecule has 0 bridgehead atoms. The number of halogens is 2. The Morgan fingerprint density at radius 2 is 2.09 bits per heavy atom. The number of carbonyl (C=O) groups is 2. The third kappa shape index (κ3) is 3.48. The summed E-state index contributed by atoms with van der Waals surface area (Å²) in [5, 5.41) is 10.4. The first-order valence-corrected chi connectivity index (χ1v) is 7.31. The van der Waals surface area contributed by atoms with Gasteiger partial charge < -0.3 is 10.6 Å². The summed E-state index contributed by atoms with van der Waals surface area (Å²) in [6.45, 7) is 0.905. The van der Waals surface area contributed by atoms with Crippen molar-refractivity contribution in [2.75, 3.05) is 6.54 Å². The van der Waals surface area contributed by atoms with Gasteiger partial charge in [-0.05, 0) is 24.1 Å². The molecule has 2 amide bonds. The topological polar surface area (TPSA) is 76.0 Å². The molecule has 0 spiro atoms. The van der Waals surface area contributed by atoms with Crippen LogP contribution in [0.5, 0.6) is 0 Å². The van der Waals surface area contributed by atoms with E-state index in [1.54, 1.807) is 19.2 Å². The molecule has 0 unspecified atom stereocenters. The average molecular weight is 355 g/mol. The fourth-order valence-corrected chi connectivity index (χ4v) is 2.65. The minimum Gasteiger partial charge on any atom is -0.350 e. The molecule has 0 aliphatic carbocycles. The van der Waals surface area contributed by atoms with Crippen LogP contribution in [0.3, 0.4) is 0 Å². The lowest BCUT2D eigenvalue weighted by Crippen LogP contribution is -2.34. The summed E-state index contributed by atoms with van der Waals surface area (Å²) in [6, 6.07) is 7.25. The van der Waals surface area contributed by atoms with Crippen molar-refractivity contribution in [2.24, 2.45) is 7.05 Å². The van der Waals surface area contributed by atoms with Gasteiger partial charge in [-0.3, -0.25) is 14.3 Å². The molecule has 0 atom stereocenters. The number of nitrogens with one attached hydrogen (secondary N) is 2. The quantitative estimate of drug-likeness (QED) is 0.880. The number of nitrogens with zero attached hydrogens (tertiary/aromatic N) is 2. The molecule has 8 heteroatoms. The maximum Gasteiger partial charge on any atom is 0.272 e. The van der Waals surface area contributed by atoms with Crippen LogP contribution in [-0.4, -0.2) is 28.1 Å². The van der Waals surface area contributed by atoms with Crippen molar-refractivity contribution in [1.82, 2.24) is 20.4 Å². The van der Waals surface area contributed by atoms with E-state index < -0.39 is 0 Å². The fourth-order valence-electron chi connectivity index (χ4n) is 2.52. The molecule has 0 fully saturated rings. The summed E-state index contributed by atoms with van der Waals surface area (Å²) >= 11 is 5.83. The van der Waals surface area contributed by atoms with Crippen LogP contribution in [0.2, 0.25) is 5.02 Å². The second-order valence-electron chi connectivity index (χ2n) is 5.11. The normalized spacial score (nSPS) is 12.9. The Morgan fingerprint density at radius 3 is 2.78 bits per heavy atom. The predicted molar refractivity (Wildman–Crippen MR) is 89.1 cm³/mol. The van der Waals surface area contributed by atoms with E-state index >= 15 is 0 Å². The number of benzene rings is 1. The second-order valence-corrected chi connectivity index (χ2v) is 5.55. The Bertz CT molecular complexity index is 741. The van der Waals surface area contributed by atoms with E-state index in [0.29, 0.717) is 41.5 Å². The standard InChI is InChI=1S/C15H15ClN4O2.ClH/c1-20-13-11(6-7-17-15(13)22)12(19-20)14(21)18-8-9-2-4-10(16)5-3-9;/h2-5H,6-8H2,1H3,(H,17,22)(H,18,21);1H. The lowest BCUT2D eigenvalue weighted by molar-refractivity contribution is 0.0935. The van der Waals surface area contributed by atoms with Crippen molar-refractivity contribution < 1.29 is 9.59 Å². The van der Waals surface area contributed by atoms with Crippen molar-refractivity contribution in [3.63, 3.8) is 0 Å². The van der Waals surface area contributed by atoms with Crippen LogP contribution in [-0.2, 0) is 20.0 Å². The predicted octanol–water partition coefficient (Wildman–Crippen LogP) is 1.71. The van der Waals surface area contributed by atoms with Crippen LogP contribution >= 0.6 is 24.0 Å². The summed E-state index contributed by atoms with van der Waals surface area (Å²) in [5.41, 5.74) is 2.43. The summed E-state index contributed by atoms with van der Waals surface area (Å²) < 4.78 is 1.46. The molecule has 0 saturated heterocycles. The number of amides is 2. The third-order valence-corrected chi connectivity index (χ3v) is 3.85. The Balaban J connectivity index is 0.00000192. The molecule has 0 saturated carbocycles. The highest BCUT2D eigenvalue weighted by Gasteiger charge is 2.28. The van der Waals surface area contributed by atoms with Crippen molar-refractivity contribution in [3.05, 3.63) is 51.8 Å². The van der Waals surface area contributed by atoms with Crippen molar-refractivity contribution in [1.29, 1.82) is 0 Å². The monoisotopic (exact) mass is 354 g/mol. The summed E-state index contributed by atoms with van der Waals surface area (Å²) in [5.74, 6) is -0.463. The van der Waals surface area contributed by atoms with Crippen LogP contribution in [0, 0.1) is 0 Å². The molecule has 1 aliphatic heterocycles. The molecule has 1 aromatic carbocycles. The molecule has 2 N–H and O–H groups in total. The Labute approximate surface area is 144 Å². The number of hydrogen-bond donors (Lipinski definition) is 2. The highest BCUT2D eigenvalue weighted by molar-refractivity contribution is 6.30. The van der Waals surface area contributed by atoms with Crippen LogP contribution in [0.25, 0.3) is 0 Å². The average Bonchev–Trinajstić information content (AvgIpc) is 2.85. The van der Waals surface area contributed by atoms with E-state index in [1.165, 1.54) is 4.68 Å². The summed E-state index contributed by atoms with van der Waals surface area (Å²) in [6.07, 6.45) is 0.610. The maximum absolute atomic E-state index is 12.3. The molecular formula is C15H16Cl2N4O2. The zero-order chi connectivity index (χ0) is 15.7. The van der Waals surface area contributed by atoms with Gasteiger partial charge in [0.25, 0.3) is 11.8 Å². The highest BCUT2D eigenvalue weighted by atomic mass is 35.5. The van der Waals surface area contributed by atoms with Crippen molar-refractivity contribution in [2.45, 2.75) is 13.0 Å². The molecule has 23 heavy (non-hydrogen) atoms. The Kier molecular flexibility index (Phi) is 5.28. The molecule has 122 valence electrons. The largest absolute Gasteiger partial charge is 0.350 e. The molecule has 1 aromatic heterocycles. The minimum atomic E-state index is -0.276. The summed E-state index contributed by atoms with van der Waals surface area (Å²) in [4.78, 5) is 24.2. The van der Waals surface area contributed by atoms with Crippen molar-refractivity contribution in [3.8, 4) is 0 Å². The van der Waals surface area contributed by atoms with Crippen molar-refractivity contribution >= 4 is 35.8 Å².